The second kappa shape index (κ2) is 8.87. The molecule has 29 heavy (non-hydrogen) atoms. The summed E-state index contributed by atoms with van der Waals surface area (Å²) < 4.78 is 5.44. The summed E-state index contributed by atoms with van der Waals surface area (Å²) in [4.78, 5) is 15.4. The summed E-state index contributed by atoms with van der Waals surface area (Å²) in [6.45, 7) is 5.23. The van der Waals surface area contributed by atoms with Crippen molar-refractivity contribution in [3.8, 4) is 11.3 Å². The van der Waals surface area contributed by atoms with E-state index in [0.29, 0.717) is 11.3 Å². The number of aromatic nitrogens is 1. The Labute approximate surface area is 169 Å². The second-order valence-electron chi connectivity index (χ2n) is 7.25. The summed E-state index contributed by atoms with van der Waals surface area (Å²) in [5, 5.41) is 15.0. The molecule has 1 aliphatic rings. The van der Waals surface area contributed by atoms with Gasteiger partial charge in [0, 0.05) is 62.0 Å². The van der Waals surface area contributed by atoms with Gasteiger partial charge in [-0.15, -0.1) is 0 Å². The van der Waals surface area contributed by atoms with Crippen LogP contribution in [0.3, 0.4) is 0 Å². The molecule has 0 radical (unpaired) electrons. The van der Waals surface area contributed by atoms with Gasteiger partial charge in [0.25, 0.3) is 5.69 Å². The van der Waals surface area contributed by atoms with Gasteiger partial charge in [-0.2, -0.15) is 0 Å². The zero-order chi connectivity index (χ0) is 20.1. The van der Waals surface area contributed by atoms with Crippen molar-refractivity contribution < 1.29 is 9.45 Å². The minimum absolute atomic E-state index is 0.0571. The van der Waals surface area contributed by atoms with Gasteiger partial charge in [-0.05, 0) is 25.1 Å². The number of hydrogen-bond acceptors (Lipinski definition) is 6. The van der Waals surface area contributed by atoms with E-state index in [2.05, 4.69) is 39.2 Å². The van der Waals surface area contributed by atoms with Crippen molar-refractivity contribution in [2.24, 2.45) is 0 Å². The average molecular weight is 392 g/mol. The average Bonchev–Trinajstić information content (AvgIpc) is 3.24. The molecule has 1 fully saturated rings. The smallest absolute Gasteiger partial charge is 0.270 e. The van der Waals surface area contributed by atoms with Gasteiger partial charge in [0.2, 0.25) is 0 Å². The Morgan fingerprint density at radius 3 is 2.55 bits per heavy atom. The normalized spacial score (nSPS) is 14.8. The number of benzene rings is 2. The van der Waals surface area contributed by atoms with Gasteiger partial charge in [0.1, 0.15) is 11.5 Å². The fraction of sp³-hybridized carbons (Fsp3) is 0.318. The highest BCUT2D eigenvalue weighted by Gasteiger charge is 2.17. The Kier molecular flexibility index (Phi) is 5.86. The Morgan fingerprint density at radius 2 is 1.79 bits per heavy atom. The van der Waals surface area contributed by atoms with E-state index in [-0.39, 0.29) is 5.69 Å². The molecule has 1 aromatic heterocycles. The number of hydrogen-bond donors (Lipinski definition) is 0. The van der Waals surface area contributed by atoms with Crippen molar-refractivity contribution in [3.63, 3.8) is 0 Å². The van der Waals surface area contributed by atoms with Crippen molar-refractivity contribution in [1.29, 1.82) is 0 Å². The second-order valence-corrected chi connectivity index (χ2v) is 7.25. The maximum absolute atomic E-state index is 10.9. The van der Waals surface area contributed by atoms with Crippen molar-refractivity contribution in [1.82, 2.24) is 10.1 Å². The Balaban J connectivity index is 1.25. The highest BCUT2D eigenvalue weighted by molar-refractivity contribution is 5.62. The third-order valence-corrected chi connectivity index (χ3v) is 5.30. The summed E-state index contributed by atoms with van der Waals surface area (Å²) in [5.41, 5.74) is 2.69. The zero-order valence-electron chi connectivity index (χ0n) is 16.2. The number of nitrogens with zero attached hydrogens (tertiary/aromatic N) is 4. The van der Waals surface area contributed by atoms with Gasteiger partial charge in [0.15, 0.2) is 0 Å². The zero-order valence-corrected chi connectivity index (χ0v) is 16.2. The van der Waals surface area contributed by atoms with E-state index in [1.165, 1.54) is 17.8 Å². The first-order chi connectivity index (χ1) is 14.2. The number of non-ortho nitro benzene ring substituents is 1. The van der Waals surface area contributed by atoms with Gasteiger partial charge in [-0.1, -0.05) is 35.5 Å². The first-order valence-corrected chi connectivity index (χ1v) is 9.92. The topological polar surface area (TPSA) is 75.7 Å². The monoisotopic (exact) mass is 392 g/mol. The summed E-state index contributed by atoms with van der Waals surface area (Å²) in [5.74, 6) is 0.814. The Hall–Kier alpha value is -3.19. The quantitative estimate of drug-likeness (QED) is 0.447. The lowest BCUT2D eigenvalue weighted by molar-refractivity contribution is -0.384. The highest BCUT2D eigenvalue weighted by Crippen LogP contribution is 2.24. The maximum atomic E-state index is 10.9. The lowest BCUT2D eigenvalue weighted by Crippen LogP contribution is -2.46. The van der Waals surface area contributed by atoms with Crippen LogP contribution in [0.15, 0.2) is 65.2 Å². The maximum Gasteiger partial charge on any atom is 0.270 e. The number of nitro benzene ring substituents is 1. The van der Waals surface area contributed by atoms with Crippen LogP contribution in [0.5, 0.6) is 0 Å². The lowest BCUT2D eigenvalue weighted by Gasteiger charge is -2.36. The molecule has 0 atom stereocenters. The SMILES string of the molecule is O=[N+]([O-])c1cccc(-c2cc(CCCN3CCN(c4ccccc4)CC3)on2)c1. The molecule has 0 saturated carbocycles. The van der Waals surface area contributed by atoms with Crippen molar-refractivity contribution in [2.75, 3.05) is 37.6 Å². The van der Waals surface area contributed by atoms with Gasteiger partial charge in [0.05, 0.1) is 4.92 Å². The Morgan fingerprint density at radius 1 is 1.00 bits per heavy atom. The predicted octanol–water partition coefficient (Wildman–Crippen LogP) is 4.00. The van der Waals surface area contributed by atoms with Crippen LogP contribution in [0.2, 0.25) is 0 Å². The number of anilines is 1. The predicted molar refractivity (Wildman–Crippen MR) is 112 cm³/mol. The molecule has 0 spiro atoms. The summed E-state index contributed by atoms with van der Waals surface area (Å²) in [6.07, 6.45) is 1.80. The molecule has 0 unspecified atom stereocenters. The van der Waals surface area contributed by atoms with E-state index >= 15 is 0 Å². The summed E-state index contributed by atoms with van der Waals surface area (Å²) >= 11 is 0. The number of rotatable bonds is 7. The van der Waals surface area contributed by atoms with E-state index in [1.54, 1.807) is 12.1 Å². The number of piperazine rings is 1. The molecular formula is C22H24N4O3. The molecule has 1 saturated heterocycles. The van der Waals surface area contributed by atoms with Crippen LogP contribution < -0.4 is 4.90 Å². The molecule has 0 amide bonds. The fourth-order valence-corrected chi connectivity index (χ4v) is 3.69. The van der Waals surface area contributed by atoms with Gasteiger partial charge >= 0.3 is 0 Å². The molecular weight excluding hydrogens is 368 g/mol. The van der Waals surface area contributed by atoms with E-state index in [9.17, 15) is 10.1 Å². The first-order valence-electron chi connectivity index (χ1n) is 9.92. The van der Waals surface area contributed by atoms with Crippen LogP contribution in [-0.4, -0.2) is 47.7 Å². The molecule has 150 valence electrons. The highest BCUT2D eigenvalue weighted by atomic mass is 16.6. The van der Waals surface area contributed by atoms with E-state index < -0.39 is 4.92 Å². The van der Waals surface area contributed by atoms with Crippen LogP contribution in [-0.2, 0) is 6.42 Å². The molecule has 2 heterocycles. The van der Waals surface area contributed by atoms with Gasteiger partial charge in [-0.3, -0.25) is 15.0 Å². The van der Waals surface area contributed by atoms with E-state index in [0.717, 1.165) is 51.3 Å². The number of para-hydroxylation sites is 1. The molecule has 0 bridgehead atoms. The van der Waals surface area contributed by atoms with Crippen molar-refractivity contribution in [2.45, 2.75) is 12.8 Å². The number of aryl methyl sites for hydroxylation is 1. The molecule has 0 N–H and O–H groups in total. The number of nitro groups is 1. The summed E-state index contributed by atoms with van der Waals surface area (Å²) in [6, 6.07) is 18.9. The minimum Gasteiger partial charge on any atom is -0.369 e. The third kappa shape index (κ3) is 4.81. The largest absolute Gasteiger partial charge is 0.369 e. The molecule has 3 aromatic rings. The van der Waals surface area contributed by atoms with E-state index in [1.807, 2.05) is 12.1 Å². The lowest BCUT2D eigenvalue weighted by atomic mass is 10.1. The molecule has 0 aliphatic carbocycles. The minimum atomic E-state index is -0.401. The molecule has 4 rings (SSSR count). The first kappa shape index (κ1) is 19.1. The van der Waals surface area contributed by atoms with Crippen LogP contribution in [0.25, 0.3) is 11.3 Å². The van der Waals surface area contributed by atoms with Crippen LogP contribution in [0, 0.1) is 10.1 Å². The fourth-order valence-electron chi connectivity index (χ4n) is 3.69. The third-order valence-electron chi connectivity index (χ3n) is 5.30. The van der Waals surface area contributed by atoms with Crippen LogP contribution >= 0.6 is 0 Å². The van der Waals surface area contributed by atoms with E-state index in [4.69, 9.17) is 4.52 Å². The molecule has 2 aromatic carbocycles. The molecule has 7 nitrogen and oxygen atoms in total. The van der Waals surface area contributed by atoms with Crippen molar-refractivity contribution in [3.05, 3.63) is 76.5 Å². The van der Waals surface area contributed by atoms with Crippen LogP contribution in [0.1, 0.15) is 12.2 Å². The van der Waals surface area contributed by atoms with Crippen molar-refractivity contribution >= 4 is 11.4 Å². The van der Waals surface area contributed by atoms with Gasteiger partial charge in [-0.25, -0.2) is 0 Å². The van der Waals surface area contributed by atoms with Crippen LogP contribution in [0.4, 0.5) is 11.4 Å². The summed E-state index contributed by atoms with van der Waals surface area (Å²) in [7, 11) is 0. The Bertz CT molecular complexity index is 949. The standard InChI is InChI=1S/C22H24N4O3/c27-26(28)20-9-4-6-18(16-20)22-17-21(29-23-22)10-5-11-24-12-14-25(15-13-24)19-7-2-1-3-8-19/h1-4,6-9,16-17H,5,10-15H2. The molecule has 1 aliphatic heterocycles. The van der Waals surface area contributed by atoms with Gasteiger partial charge < -0.3 is 9.42 Å². The molecule has 7 heteroatoms.